The second-order valence-electron chi connectivity index (χ2n) is 10.7. The first-order valence-electron chi connectivity index (χ1n) is 13.7. The van der Waals surface area contributed by atoms with Gasteiger partial charge in [0, 0.05) is 43.5 Å². The minimum atomic E-state index is -0.312. The molecule has 0 N–H and O–H groups in total. The van der Waals surface area contributed by atoms with Gasteiger partial charge in [0.2, 0.25) is 5.91 Å². The molecule has 38 heavy (non-hydrogen) atoms. The molecule has 2 fully saturated rings. The van der Waals surface area contributed by atoms with Gasteiger partial charge in [-0.2, -0.15) is 5.10 Å². The average molecular weight is 537 g/mol. The van der Waals surface area contributed by atoms with Crippen molar-refractivity contribution >= 4 is 29.1 Å². The van der Waals surface area contributed by atoms with Gasteiger partial charge in [0.15, 0.2) is 0 Å². The second-order valence-corrected chi connectivity index (χ2v) is 11.1. The fourth-order valence-corrected chi connectivity index (χ4v) is 5.59. The predicted molar refractivity (Wildman–Crippen MR) is 149 cm³/mol. The van der Waals surface area contributed by atoms with Crippen LogP contribution in [0.2, 0.25) is 5.02 Å². The maximum Gasteiger partial charge on any atom is 0.262 e. The van der Waals surface area contributed by atoms with Crippen molar-refractivity contribution in [3.63, 3.8) is 0 Å². The third-order valence-electron chi connectivity index (χ3n) is 8.15. The average Bonchev–Trinajstić information content (AvgIpc) is 3.33. The Labute approximate surface area is 230 Å². The van der Waals surface area contributed by atoms with E-state index in [1.54, 1.807) is 9.91 Å². The first kappa shape index (κ1) is 26.9. The number of hydrogen-bond acceptors (Lipinski definition) is 5. The summed E-state index contributed by atoms with van der Waals surface area (Å²) >= 11 is 6.60. The number of hydrazone groups is 1. The van der Waals surface area contributed by atoms with Crippen LogP contribution in [0.3, 0.4) is 0 Å². The van der Waals surface area contributed by atoms with E-state index in [1.807, 2.05) is 24.3 Å². The van der Waals surface area contributed by atoms with Gasteiger partial charge >= 0.3 is 0 Å². The lowest BCUT2D eigenvalue weighted by Gasteiger charge is -2.34. The maximum atomic E-state index is 13.9. The molecule has 2 aromatic carbocycles. The van der Waals surface area contributed by atoms with Crippen LogP contribution in [-0.2, 0) is 14.3 Å². The zero-order valence-electron chi connectivity index (χ0n) is 22.4. The quantitative estimate of drug-likeness (QED) is 0.495. The Morgan fingerprint density at radius 3 is 2.53 bits per heavy atom. The molecule has 5 rings (SSSR count). The number of nitrogens with zero attached hydrogens (tertiary/aromatic N) is 4. The van der Waals surface area contributed by atoms with Gasteiger partial charge in [0.1, 0.15) is 6.54 Å². The SMILES string of the molecule is Cc1ccc(C2=NN(C(=O)CN(CCN3CCOCC3)C(=O)C3CCC3)C(c3ccccc3Cl)C2)cc1C. The molecule has 2 aliphatic heterocycles. The number of hydrogen-bond donors (Lipinski definition) is 0. The number of amides is 2. The molecule has 2 aromatic rings. The topological polar surface area (TPSA) is 65.5 Å². The van der Waals surface area contributed by atoms with Crippen molar-refractivity contribution in [3.05, 3.63) is 69.7 Å². The van der Waals surface area contributed by atoms with Gasteiger partial charge < -0.3 is 9.64 Å². The van der Waals surface area contributed by atoms with E-state index in [0.29, 0.717) is 31.2 Å². The number of rotatable bonds is 8. The standard InChI is InChI=1S/C30H37ClN4O3/c1-21-10-11-24(18-22(21)2)27-19-28(25-8-3-4-9-26(25)31)35(32-27)29(36)20-34(30(37)23-6-5-7-23)13-12-33-14-16-38-17-15-33/h3-4,8-11,18,23,28H,5-7,12-17,19-20H2,1-2H3. The van der Waals surface area contributed by atoms with Gasteiger partial charge in [0.25, 0.3) is 5.91 Å². The monoisotopic (exact) mass is 536 g/mol. The lowest BCUT2D eigenvalue weighted by molar-refractivity contribution is -0.145. The number of carbonyl (C=O) groups excluding carboxylic acids is 2. The van der Waals surface area contributed by atoms with Crippen LogP contribution in [-0.4, -0.2) is 78.3 Å². The van der Waals surface area contributed by atoms with Crippen LogP contribution in [0.4, 0.5) is 0 Å². The van der Waals surface area contributed by atoms with Crippen molar-refractivity contribution in [2.24, 2.45) is 11.0 Å². The molecule has 0 aromatic heterocycles. The molecular formula is C30H37ClN4O3. The van der Waals surface area contributed by atoms with Crippen LogP contribution >= 0.6 is 11.6 Å². The number of aryl methyl sites for hydroxylation is 2. The molecule has 8 heteroatoms. The highest BCUT2D eigenvalue weighted by Gasteiger charge is 2.37. The van der Waals surface area contributed by atoms with E-state index in [2.05, 4.69) is 36.9 Å². The fourth-order valence-electron chi connectivity index (χ4n) is 5.33. The predicted octanol–water partition coefficient (Wildman–Crippen LogP) is 4.60. The zero-order valence-corrected chi connectivity index (χ0v) is 23.1. The lowest BCUT2D eigenvalue weighted by Crippen LogP contribution is -2.49. The molecule has 1 unspecified atom stereocenters. The second kappa shape index (κ2) is 12.0. The van der Waals surface area contributed by atoms with Crippen molar-refractivity contribution in [3.8, 4) is 0 Å². The minimum absolute atomic E-state index is 0.0182. The molecule has 1 saturated carbocycles. The zero-order chi connectivity index (χ0) is 26.6. The summed E-state index contributed by atoms with van der Waals surface area (Å²) in [6, 6.07) is 13.6. The van der Waals surface area contributed by atoms with Gasteiger partial charge in [0.05, 0.1) is 25.0 Å². The smallest absolute Gasteiger partial charge is 0.262 e. The molecule has 1 aliphatic carbocycles. The number of morpholine rings is 1. The molecule has 0 bridgehead atoms. The summed E-state index contributed by atoms with van der Waals surface area (Å²) in [6.45, 7) is 8.57. The highest BCUT2D eigenvalue weighted by Crippen LogP contribution is 2.37. The van der Waals surface area contributed by atoms with Gasteiger partial charge in [-0.25, -0.2) is 5.01 Å². The van der Waals surface area contributed by atoms with Crippen molar-refractivity contribution < 1.29 is 14.3 Å². The van der Waals surface area contributed by atoms with Gasteiger partial charge in [-0.1, -0.05) is 48.4 Å². The highest BCUT2D eigenvalue weighted by molar-refractivity contribution is 6.31. The van der Waals surface area contributed by atoms with Crippen LogP contribution in [0, 0.1) is 19.8 Å². The number of benzene rings is 2. The highest BCUT2D eigenvalue weighted by atomic mass is 35.5. The van der Waals surface area contributed by atoms with Crippen LogP contribution in [0.1, 0.15) is 54.0 Å². The first-order valence-corrected chi connectivity index (χ1v) is 14.1. The number of ether oxygens (including phenoxy) is 1. The van der Waals surface area contributed by atoms with Gasteiger partial charge in [-0.15, -0.1) is 0 Å². The van der Waals surface area contributed by atoms with Crippen molar-refractivity contribution in [1.29, 1.82) is 0 Å². The third kappa shape index (κ3) is 5.95. The molecule has 2 amide bonds. The Hall–Kier alpha value is -2.74. The van der Waals surface area contributed by atoms with Gasteiger partial charge in [-0.3, -0.25) is 14.5 Å². The van der Waals surface area contributed by atoms with Crippen LogP contribution in [0.5, 0.6) is 0 Å². The summed E-state index contributed by atoms with van der Waals surface area (Å²) in [5.41, 5.74) is 5.14. The summed E-state index contributed by atoms with van der Waals surface area (Å²) in [5.74, 6) is -0.0619. The van der Waals surface area contributed by atoms with E-state index in [4.69, 9.17) is 21.4 Å². The van der Waals surface area contributed by atoms with Crippen molar-refractivity contribution in [1.82, 2.24) is 14.8 Å². The largest absolute Gasteiger partial charge is 0.379 e. The summed E-state index contributed by atoms with van der Waals surface area (Å²) < 4.78 is 5.47. The van der Waals surface area contributed by atoms with Crippen LogP contribution < -0.4 is 0 Å². The number of carbonyl (C=O) groups is 2. The summed E-state index contributed by atoms with van der Waals surface area (Å²) in [4.78, 5) is 31.3. The number of halogens is 1. The summed E-state index contributed by atoms with van der Waals surface area (Å²) in [7, 11) is 0. The van der Waals surface area contributed by atoms with Crippen LogP contribution in [0.15, 0.2) is 47.6 Å². The van der Waals surface area contributed by atoms with Crippen LogP contribution in [0.25, 0.3) is 0 Å². The molecule has 3 aliphatic rings. The van der Waals surface area contributed by atoms with Crippen molar-refractivity contribution in [2.75, 3.05) is 45.9 Å². The molecule has 0 spiro atoms. The van der Waals surface area contributed by atoms with Gasteiger partial charge in [-0.05, 0) is 61.1 Å². The molecule has 1 atom stereocenters. The Balaban J connectivity index is 1.39. The molecule has 7 nitrogen and oxygen atoms in total. The normalized spacial score (nSPS) is 20.2. The van der Waals surface area contributed by atoms with E-state index in [9.17, 15) is 9.59 Å². The van der Waals surface area contributed by atoms with E-state index < -0.39 is 0 Å². The molecule has 1 saturated heterocycles. The molecule has 202 valence electrons. The Morgan fingerprint density at radius 2 is 1.84 bits per heavy atom. The summed E-state index contributed by atoms with van der Waals surface area (Å²) in [6.07, 6.45) is 3.46. The van der Waals surface area contributed by atoms with E-state index >= 15 is 0 Å². The first-order chi connectivity index (χ1) is 18.4. The van der Waals surface area contributed by atoms with E-state index in [-0.39, 0.29) is 30.3 Å². The van der Waals surface area contributed by atoms with E-state index in [1.165, 1.54) is 11.1 Å². The Morgan fingerprint density at radius 1 is 1.08 bits per heavy atom. The maximum absolute atomic E-state index is 13.9. The third-order valence-corrected chi connectivity index (χ3v) is 8.50. The van der Waals surface area contributed by atoms with E-state index in [0.717, 1.165) is 55.7 Å². The lowest BCUT2D eigenvalue weighted by atomic mass is 9.84. The Kier molecular flexibility index (Phi) is 8.46. The fraction of sp³-hybridized carbons (Fsp3) is 0.500. The molecule has 2 heterocycles. The Bertz CT molecular complexity index is 1210. The summed E-state index contributed by atoms with van der Waals surface area (Å²) in [5, 5.41) is 7.03. The minimum Gasteiger partial charge on any atom is -0.379 e. The molecular weight excluding hydrogens is 500 g/mol. The van der Waals surface area contributed by atoms with Crippen molar-refractivity contribution in [2.45, 2.75) is 45.6 Å². The molecule has 0 radical (unpaired) electrons.